The molecule has 0 aromatic heterocycles. The second-order valence-corrected chi connectivity index (χ2v) is 5.07. The number of hydrogen-bond donors (Lipinski definition) is 1. The fraction of sp³-hybridized carbons (Fsp3) is 0.222. The maximum absolute atomic E-state index is 12.1. The number of carboxylic acids is 1. The van der Waals surface area contributed by atoms with Gasteiger partial charge in [0.1, 0.15) is 0 Å². The summed E-state index contributed by atoms with van der Waals surface area (Å²) in [5.74, 6) is -1.14. The SMILES string of the molecule is COc1cc(NC(=O)CCc2ccccc2)c(C(=O)[O-])cc1OC. The molecule has 2 rings (SSSR count). The Bertz CT molecular complexity index is 728. The maximum Gasteiger partial charge on any atom is 0.224 e. The molecule has 0 bridgehead atoms. The van der Waals surface area contributed by atoms with Crippen LogP contribution in [0.4, 0.5) is 5.69 Å². The summed E-state index contributed by atoms with van der Waals surface area (Å²) in [6.45, 7) is 0. The van der Waals surface area contributed by atoms with E-state index in [-0.39, 0.29) is 29.3 Å². The highest BCUT2D eigenvalue weighted by Crippen LogP contribution is 2.33. The van der Waals surface area contributed by atoms with E-state index in [9.17, 15) is 14.7 Å². The number of carbonyl (C=O) groups excluding carboxylic acids is 2. The molecule has 126 valence electrons. The smallest absolute Gasteiger partial charge is 0.224 e. The molecule has 0 aliphatic rings. The van der Waals surface area contributed by atoms with Crippen LogP contribution in [0.3, 0.4) is 0 Å². The Kier molecular flexibility index (Phi) is 5.78. The van der Waals surface area contributed by atoms with Gasteiger partial charge in [-0.25, -0.2) is 0 Å². The Balaban J connectivity index is 2.15. The summed E-state index contributed by atoms with van der Waals surface area (Å²) in [6, 6.07) is 12.2. The number of amides is 1. The van der Waals surface area contributed by atoms with E-state index in [4.69, 9.17) is 9.47 Å². The third kappa shape index (κ3) is 4.25. The summed E-state index contributed by atoms with van der Waals surface area (Å²) in [6.07, 6.45) is 0.783. The molecule has 0 atom stereocenters. The van der Waals surface area contributed by atoms with Gasteiger partial charge in [0.05, 0.1) is 25.9 Å². The number of rotatable bonds is 7. The zero-order valence-electron chi connectivity index (χ0n) is 13.5. The molecule has 1 amide bonds. The molecule has 2 aromatic carbocycles. The number of methoxy groups -OCH3 is 2. The van der Waals surface area contributed by atoms with E-state index < -0.39 is 5.97 Å². The lowest BCUT2D eigenvalue weighted by atomic mass is 10.1. The summed E-state index contributed by atoms with van der Waals surface area (Å²) in [5.41, 5.74) is 0.978. The number of hydrogen-bond acceptors (Lipinski definition) is 5. The Morgan fingerprint density at radius 2 is 1.67 bits per heavy atom. The Hall–Kier alpha value is -3.02. The van der Waals surface area contributed by atoms with E-state index in [1.54, 1.807) is 0 Å². The number of aryl methyl sites for hydroxylation is 1. The molecular weight excluding hydrogens is 310 g/mol. The summed E-state index contributed by atoms with van der Waals surface area (Å²) in [4.78, 5) is 23.4. The standard InChI is InChI=1S/C18H19NO5/c1-23-15-10-13(18(21)22)14(11-16(15)24-2)19-17(20)9-8-12-6-4-3-5-7-12/h3-7,10-11H,8-9H2,1-2H3,(H,19,20)(H,21,22)/p-1. The van der Waals surface area contributed by atoms with Gasteiger partial charge in [-0.05, 0) is 18.1 Å². The predicted octanol–water partition coefficient (Wildman–Crippen LogP) is 1.64. The minimum atomic E-state index is -1.41. The van der Waals surface area contributed by atoms with Gasteiger partial charge in [0, 0.05) is 18.1 Å². The Morgan fingerprint density at radius 3 is 2.25 bits per heavy atom. The van der Waals surface area contributed by atoms with E-state index in [0.29, 0.717) is 12.2 Å². The van der Waals surface area contributed by atoms with Gasteiger partial charge in [-0.3, -0.25) is 4.79 Å². The summed E-state index contributed by atoms with van der Waals surface area (Å²) in [7, 11) is 2.83. The minimum Gasteiger partial charge on any atom is -0.545 e. The van der Waals surface area contributed by atoms with Gasteiger partial charge in [-0.1, -0.05) is 30.3 Å². The highest BCUT2D eigenvalue weighted by atomic mass is 16.5. The normalized spacial score (nSPS) is 10.1. The van der Waals surface area contributed by atoms with Crippen LogP contribution in [0.1, 0.15) is 22.3 Å². The Labute approximate surface area is 140 Å². The molecule has 2 aromatic rings. The lowest BCUT2D eigenvalue weighted by Gasteiger charge is -2.16. The number of nitrogens with one attached hydrogen (secondary N) is 1. The third-order valence-corrected chi connectivity index (χ3v) is 3.50. The molecule has 0 unspecified atom stereocenters. The van der Waals surface area contributed by atoms with Gasteiger partial charge in [-0.15, -0.1) is 0 Å². The molecule has 0 saturated heterocycles. The minimum absolute atomic E-state index is 0.116. The molecule has 1 N–H and O–H groups in total. The van der Waals surface area contributed by atoms with E-state index in [2.05, 4.69) is 5.32 Å². The molecule has 0 aliphatic carbocycles. The molecule has 0 aliphatic heterocycles. The van der Waals surface area contributed by atoms with E-state index in [1.807, 2.05) is 30.3 Å². The van der Waals surface area contributed by atoms with Crippen LogP contribution in [0.5, 0.6) is 11.5 Å². The van der Waals surface area contributed by atoms with Gasteiger partial charge in [-0.2, -0.15) is 0 Å². The van der Waals surface area contributed by atoms with Crippen molar-refractivity contribution < 1.29 is 24.2 Å². The average Bonchev–Trinajstić information content (AvgIpc) is 2.60. The number of ether oxygens (including phenoxy) is 2. The van der Waals surface area contributed by atoms with Crippen molar-refractivity contribution in [3.05, 3.63) is 53.6 Å². The van der Waals surface area contributed by atoms with Crippen LogP contribution in [-0.2, 0) is 11.2 Å². The first-order valence-corrected chi connectivity index (χ1v) is 7.36. The molecule has 0 spiro atoms. The number of carbonyl (C=O) groups is 2. The molecule has 0 heterocycles. The van der Waals surface area contributed by atoms with Gasteiger partial charge >= 0.3 is 0 Å². The number of aromatic carboxylic acids is 1. The van der Waals surface area contributed by atoms with Crippen LogP contribution in [0.25, 0.3) is 0 Å². The van der Waals surface area contributed by atoms with Gasteiger partial charge in [0.25, 0.3) is 0 Å². The topological polar surface area (TPSA) is 87.7 Å². The van der Waals surface area contributed by atoms with E-state index in [0.717, 1.165) is 5.56 Å². The largest absolute Gasteiger partial charge is 0.545 e. The molecule has 24 heavy (non-hydrogen) atoms. The summed E-state index contributed by atoms with van der Waals surface area (Å²) < 4.78 is 10.2. The second kappa shape index (κ2) is 8.01. The van der Waals surface area contributed by atoms with Crippen LogP contribution in [0, 0.1) is 0 Å². The van der Waals surface area contributed by atoms with Crippen molar-refractivity contribution in [3.63, 3.8) is 0 Å². The zero-order chi connectivity index (χ0) is 17.5. The van der Waals surface area contributed by atoms with E-state index in [1.165, 1.54) is 26.4 Å². The molecule has 0 radical (unpaired) electrons. The van der Waals surface area contributed by atoms with Crippen LogP contribution in [0.2, 0.25) is 0 Å². The fourth-order valence-electron chi connectivity index (χ4n) is 2.27. The van der Waals surface area contributed by atoms with Crippen LogP contribution in [-0.4, -0.2) is 26.1 Å². The molecule has 6 heteroatoms. The Morgan fingerprint density at radius 1 is 1.04 bits per heavy atom. The maximum atomic E-state index is 12.1. The first-order chi connectivity index (χ1) is 11.5. The first-order valence-electron chi connectivity index (χ1n) is 7.36. The number of anilines is 1. The quantitative estimate of drug-likeness (QED) is 0.835. The lowest BCUT2D eigenvalue weighted by Crippen LogP contribution is -2.25. The zero-order valence-corrected chi connectivity index (χ0v) is 13.5. The van der Waals surface area contributed by atoms with Crippen molar-refractivity contribution in [1.29, 1.82) is 0 Å². The molecule has 0 fully saturated rings. The van der Waals surface area contributed by atoms with Crippen LogP contribution < -0.4 is 19.9 Å². The molecule has 0 saturated carbocycles. The lowest BCUT2D eigenvalue weighted by molar-refractivity contribution is -0.254. The third-order valence-electron chi connectivity index (χ3n) is 3.50. The number of carboxylic acid groups (broad SMARTS) is 1. The van der Waals surface area contributed by atoms with Gasteiger partial charge < -0.3 is 24.7 Å². The van der Waals surface area contributed by atoms with Crippen molar-refractivity contribution in [2.45, 2.75) is 12.8 Å². The van der Waals surface area contributed by atoms with Gasteiger partial charge in [0.2, 0.25) is 5.91 Å². The fourth-order valence-corrected chi connectivity index (χ4v) is 2.27. The molecule has 6 nitrogen and oxygen atoms in total. The monoisotopic (exact) mass is 328 g/mol. The van der Waals surface area contributed by atoms with Crippen molar-refractivity contribution in [1.82, 2.24) is 0 Å². The highest BCUT2D eigenvalue weighted by molar-refractivity contribution is 6.00. The van der Waals surface area contributed by atoms with Crippen molar-refractivity contribution in [2.75, 3.05) is 19.5 Å². The van der Waals surface area contributed by atoms with Crippen molar-refractivity contribution in [2.24, 2.45) is 0 Å². The van der Waals surface area contributed by atoms with Crippen molar-refractivity contribution in [3.8, 4) is 11.5 Å². The van der Waals surface area contributed by atoms with Crippen molar-refractivity contribution >= 4 is 17.6 Å². The van der Waals surface area contributed by atoms with E-state index >= 15 is 0 Å². The predicted molar refractivity (Wildman–Crippen MR) is 87.3 cm³/mol. The second-order valence-electron chi connectivity index (χ2n) is 5.07. The van der Waals surface area contributed by atoms with Crippen LogP contribution in [0.15, 0.2) is 42.5 Å². The van der Waals surface area contributed by atoms with Gasteiger partial charge in [0.15, 0.2) is 11.5 Å². The average molecular weight is 328 g/mol. The summed E-state index contributed by atoms with van der Waals surface area (Å²) >= 11 is 0. The molecular formula is C18H18NO5-. The number of benzene rings is 2. The highest BCUT2D eigenvalue weighted by Gasteiger charge is 2.14. The summed E-state index contributed by atoms with van der Waals surface area (Å²) in [5, 5.41) is 13.9. The first kappa shape index (κ1) is 17.3. The van der Waals surface area contributed by atoms with Crippen LogP contribution >= 0.6 is 0 Å².